The molecule has 2 aromatic carbocycles. The van der Waals surface area contributed by atoms with Crippen molar-refractivity contribution in [3.63, 3.8) is 0 Å². The molecule has 2 fully saturated rings. The Morgan fingerprint density at radius 1 is 0.967 bits per heavy atom. The van der Waals surface area contributed by atoms with Crippen molar-refractivity contribution in [1.29, 1.82) is 0 Å². The molecular weight excluding hydrogens is 383 g/mol. The van der Waals surface area contributed by atoms with Gasteiger partial charge in [0.2, 0.25) is 0 Å². The van der Waals surface area contributed by atoms with Crippen molar-refractivity contribution in [2.45, 2.75) is 37.8 Å². The van der Waals surface area contributed by atoms with E-state index in [0.717, 1.165) is 51.9 Å². The van der Waals surface area contributed by atoms with Crippen LogP contribution in [-0.2, 0) is 0 Å². The number of halogens is 1. The number of carbonyl (C=O) groups is 1. The van der Waals surface area contributed by atoms with E-state index in [4.69, 9.17) is 9.47 Å². The van der Waals surface area contributed by atoms with Gasteiger partial charge in [-0.25, -0.2) is 4.39 Å². The molecule has 5 nitrogen and oxygen atoms in total. The van der Waals surface area contributed by atoms with Crippen molar-refractivity contribution >= 4 is 5.91 Å². The Bertz CT molecular complexity index is 859. The normalized spacial score (nSPS) is 18.9. The predicted octanol–water partition coefficient (Wildman–Crippen LogP) is 3.98. The van der Waals surface area contributed by atoms with Crippen LogP contribution in [0.15, 0.2) is 48.5 Å². The number of amides is 1. The average Bonchev–Trinajstić information content (AvgIpc) is 2.81. The van der Waals surface area contributed by atoms with E-state index < -0.39 is 0 Å². The fourth-order valence-electron chi connectivity index (χ4n) is 4.45. The molecule has 2 heterocycles. The van der Waals surface area contributed by atoms with Crippen molar-refractivity contribution in [2.75, 3.05) is 33.3 Å². The Hall–Kier alpha value is -2.60. The van der Waals surface area contributed by atoms with Gasteiger partial charge in [-0.1, -0.05) is 18.2 Å². The summed E-state index contributed by atoms with van der Waals surface area (Å²) in [5.41, 5.74) is 0.680. The second kappa shape index (κ2) is 9.47. The summed E-state index contributed by atoms with van der Waals surface area (Å²) in [6.07, 6.45) is 3.82. The largest absolute Gasteiger partial charge is 0.497 e. The number of hydrogen-bond donors (Lipinski definition) is 0. The fourth-order valence-corrected chi connectivity index (χ4v) is 4.45. The van der Waals surface area contributed by atoms with Gasteiger partial charge >= 0.3 is 0 Å². The molecule has 0 spiro atoms. The van der Waals surface area contributed by atoms with Crippen molar-refractivity contribution in [2.24, 2.45) is 0 Å². The summed E-state index contributed by atoms with van der Waals surface area (Å²) < 4.78 is 24.9. The average molecular weight is 413 g/mol. The molecule has 2 aliphatic rings. The Kier molecular flexibility index (Phi) is 6.53. The summed E-state index contributed by atoms with van der Waals surface area (Å²) in [6.45, 7) is 3.44. The van der Waals surface area contributed by atoms with E-state index in [2.05, 4.69) is 4.90 Å². The van der Waals surface area contributed by atoms with E-state index in [1.165, 1.54) is 6.07 Å². The summed E-state index contributed by atoms with van der Waals surface area (Å²) in [6, 6.07) is 14.4. The Morgan fingerprint density at radius 2 is 1.70 bits per heavy atom. The van der Waals surface area contributed by atoms with Gasteiger partial charge in [-0.2, -0.15) is 0 Å². The summed E-state index contributed by atoms with van der Waals surface area (Å²) >= 11 is 0. The van der Waals surface area contributed by atoms with Crippen LogP contribution in [0, 0.1) is 5.82 Å². The smallest absolute Gasteiger partial charge is 0.253 e. The molecule has 2 saturated heterocycles. The highest BCUT2D eigenvalue weighted by atomic mass is 19.1. The summed E-state index contributed by atoms with van der Waals surface area (Å²) in [5.74, 6) is 0.828. The van der Waals surface area contributed by atoms with Crippen LogP contribution in [0.5, 0.6) is 11.5 Å². The number of likely N-dealkylation sites (tertiary alicyclic amines) is 2. The number of hydrogen-bond acceptors (Lipinski definition) is 4. The van der Waals surface area contributed by atoms with Gasteiger partial charge in [-0.15, -0.1) is 0 Å². The molecule has 1 amide bonds. The molecule has 0 bridgehead atoms. The molecular formula is C24H29FN2O3. The van der Waals surface area contributed by atoms with Gasteiger partial charge in [0, 0.05) is 37.8 Å². The van der Waals surface area contributed by atoms with Crippen LogP contribution >= 0.6 is 0 Å². The van der Waals surface area contributed by atoms with Crippen molar-refractivity contribution in [3.8, 4) is 11.5 Å². The van der Waals surface area contributed by atoms with Gasteiger partial charge in [0.15, 0.2) is 11.6 Å². The highest BCUT2D eigenvalue weighted by molar-refractivity contribution is 5.94. The van der Waals surface area contributed by atoms with E-state index in [-0.39, 0.29) is 17.8 Å². The summed E-state index contributed by atoms with van der Waals surface area (Å²) in [4.78, 5) is 17.3. The van der Waals surface area contributed by atoms with Crippen LogP contribution in [0.25, 0.3) is 0 Å². The minimum absolute atomic E-state index is 0.0628. The number of rotatable bonds is 5. The lowest BCUT2D eigenvalue weighted by atomic mass is 9.98. The molecule has 6 heteroatoms. The Labute approximate surface area is 177 Å². The molecule has 0 atom stereocenters. The lowest BCUT2D eigenvalue weighted by Crippen LogP contribution is -2.50. The lowest BCUT2D eigenvalue weighted by molar-refractivity contribution is 0.0416. The second-order valence-corrected chi connectivity index (χ2v) is 8.04. The van der Waals surface area contributed by atoms with Crippen molar-refractivity contribution < 1.29 is 18.7 Å². The maximum absolute atomic E-state index is 13.8. The van der Waals surface area contributed by atoms with Crippen molar-refractivity contribution in [1.82, 2.24) is 9.80 Å². The minimum Gasteiger partial charge on any atom is -0.497 e. The number of nitrogens with zero attached hydrogens (tertiary/aromatic N) is 2. The summed E-state index contributed by atoms with van der Waals surface area (Å²) in [7, 11) is 1.61. The number of piperidine rings is 2. The van der Waals surface area contributed by atoms with E-state index in [1.54, 1.807) is 31.4 Å². The number of ether oxygens (including phenoxy) is 2. The highest BCUT2D eigenvalue weighted by Crippen LogP contribution is 2.26. The second-order valence-electron chi connectivity index (χ2n) is 8.04. The first kappa shape index (κ1) is 20.7. The molecule has 0 aromatic heterocycles. The Balaban J connectivity index is 1.25. The zero-order valence-corrected chi connectivity index (χ0v) is 17.4. The molecule has 0 saturated carbocycles. The van der Waals surface area contributed by atoms with Crippen LogP contribution in [0.1, 0.15) is 36.0 Å². The first-order valence-electron chi connectivity index (χ1n) is 10.7. The SMILES string of the molecule is COc1cccc(C(=O)N2CCC(N3CCC(Oc4ccccc4F)CC3)CC2)c1. The van der Waals surface area contributed by atoms with E-state index in [9.17, 15) is 9.18 Å². The predicted molar refractivity (Wildman–Crippen MR) is 114 cm³/mol. The molecule has 160 valence electrons. The molecule has 0 aliphatic carbocycles. The first-order chi connectivity index (χ1) is 14.6. The minimum atomic E-state index is -0.298. The van der Waals surface area contributed by atoms with E-state index in [1.807, 2.05) is 23.1 Å². The molecule has 2 aliphatic heterocycles. The van der Waals surface area contributed by atoms with Crippen LogP contribution in [0.3, 0.4) is 0 Å². The molecule has 2 aromatic rings. The van der Waals surface area contributed by atoms with Gasteiger partial charge in [-0.05, 0) is 56.0 Å². The Morgan fingerprint density at radius 3 is 2.40 bits per heavy atom. The maximum atomic E-state index is 13.8. The number of carbonyl (C=O) groups excluding carboxylic acids is 1. The van der Waals surface area contributed by atoms with Gasteiger partial charge in [0.25, 0.3) is 5.91 Å². The van der Waals surface area contributed by atoms with Gasteiger partial charge in [-0.3, -0.25) is 9.69 Å². The van der Waals surface area contributed by atoms with E-state index in [0.29, 0.717) is 23.1 Å². The zero-order valence-electron chi connectivity index (χ0n) is 17.4. The third kappa shape index (κ3) is 4.75. The third-order valence-corrected chi connectivity index (χ3v) is 6.19. The fraction of sp³-hybridized carbons (Fsp3) is 0.458. The van der Waals surface area contributed by atoms with Crippen LogP contribution in [0.2, 0.25) is 0 Å². The topological polar surface area (TPSA) is 42.0 Å². The monoisotopic (exact) mass is 412 g/mol. The summed E-state index contributed by atoms with van der Waals surface area (Å²) in [5, 5.41) is 0. The zero-order chi connectivity index (χ0) is 20.9. The number of benzene rings is 2. The highest BCUT2D eigenvalue weighted by Gasteiger charge is 2.30. The third-order valence-electron chi connectivity index (χ3n) is 6.19. The molecule has 4 rings (SSSR count). The standard InChI is InChI=1S/C24H29FN2O3/c1-29-21-6-4-5-18(17-21)24(28)27-13-9-19(10-14-27)26-15-11-20(12-16-26)30-23-8-3-2-7-22(23)25/h2-8,17,19-20H,9-16H2,1H3. The van der Waals surface area contributed by atoms with Gasteiger partial charge < -0.3 is 14.4 Å². The quantitative estimate of drug-likeness (QED) is 0.745. The number of methoxy groups -OCH3 is 1. The molecule has 0 radical (unpaired) electrons. The van der Waals surface area contributed by atoms with Crippen molar-refractivity contribution in [3.05, 3.63) is 59.9 Å². The molecule has 0 unspecified atom stereocenters. The molecule has 0 N–H and O–H groups in total. The number of para-hydroxylation sites is 1. The van der Waals surface area contributed by atoms with Gasteiger partial charge in [0.1, 0.15) is 11.9 Å². The lowest BCUT2D eigenvalue weighted by Gasteiger charge is -2.41. The van der Waals surface area contributed by atoms with E-state index >= 15 is 0 Å². The van der Waals surface area contributed by atoms with Gasteiger partial charge in [0.05, 0.1) is 7.11 Å². The van der Waals surface area contributed by atoms with Crippen LogP contribution < -0.4 is 9.47 Å². The first-order valence-corrected chi connectivity index (χ1v) is 10.7. The van der Waals surface area contributed by atoms with Crippen LogP contribution in [-0.4, -0.2) is 61.1 Å². The molecule has 30 heavy (non-hydrogen) atoms. The van der Waals surface area contributed by atoms with Crippen LogP contribution in [0.4, 0.5) is 4.39 Å². The maximum Gasteiger partial charge on any atom is 0.253 e.